The molecule has 0 aliphatic carbocycles. The molecule has 0 spiro atoms. The Hall–Kier alpha value is -2.57. The van der Waals surface area contributed by atoms with Crippen LogP contribution < -0.4 is 15.4 Å². The number of benzene rings is 1. The Morgan fingerprint density at radius 3 is 2.43 bits per heavy atom. The van der Waals surface area contributed by atoms with Crippen molar-refractivity contribution in [1.82, 2.24) is 10.6 Å². The van der Waals surface area contributed by atoms with Crippen molar-refractivity contribution in [2.24, 2.45) is 5.92 Å². The molecule has 0 fully saturated rings. The van der Waals surface area contributed by atoms with Crippen molar-refractivity contribution < 1.29 is 23.9 Å². The molecule has 1 atom stereocenters. The van der Waals surface area contributed by atoms with Gasteiger partial charge >= 0.3 is 5.97 Å². The summed E-state index contributed by atoms with van der Waals surface area (Å²) in [6.45, 7) is 2.28. The average molecular weight is 392 g/mol. The van der Waals surface area contributed by atoms with Crippen LogP contribution in [0, 0.1) is 5.92 Å². The minimum absolute atomic E-state index is 0.0197. The molecule has 0 saturated carbocycles. The van der Waals surface area contributed by atoms with Crippen LogP contribution in [0.15, 0.2) is 24.3 Å². The topological polar surface area (TPSA) is 93.7 Å². The number of carbonyl (C=O) groups is 3. The van der Waals surface area contributed by atoms with Crippen molar-refractivity contribution >= 4 is 17.8 Å². The van der Waals surface area contributed by atoms with Gasteiger partial charge in [-0.05, 0) is 43.4 Å². The number of hydrogen-bond donors (Lipinski definition) is 2. The van der Waals surface area contributed by atoms with Gasteiger partial charge in [0.15, 0.2) is 0 Å². The lowest BCUT2D eigenvalue weighted by Crippen LogP contribution is -2.39. The van der Waals surface area contributed by atoms with Gasteiger partial charge in [0.25, 0.3) is 0 Å². The number of amides is 2. The van der Waals surface area contributed by atoms with E-state index < -0.39 is 5.92 Å². The summed E-state index contributed by atoms with van der Waals surface area (Å²) >= 11 is 0. The second-order valence-corrected chi connectivity index (χ2v) is 6.61. The normalized spacial score (nSPS) is 11.4. The lowest BCUT2D eigenvalue weighted by molar-refractivity contribution is -0.147. The van der Waals surface area contributed by atoms with Crippen LogP contribution >= 0.6 is 0 Å². The minimum Gasteiger partial charge on any atom is -0.497 e. The first-order chi connectivity index (χ1) is 13.5. The van der Waals surface area contributed by atoms with E-state index in [1.165, 1.54) is 7.05 Å². The molecule has 28 heavy (non-hydrogen) atoms. The Labute approximate surface area is 167 Å². The maximum absolute atomic E-state index is 12.4. The Balaban J connectivity index is 2.57. The molecule has 7 heteroatoms. The molecule has 156 valence electrons. The van der Waals surface area contributed by atoms with Gasteiger partial charge in [0.1, 0.15) is 5.75 Å². The van der Waals surface area contributed by atoms with Gasteiger partial charge in [0.05, 0.1) is 26.7 Å². The van der Waals surface area contributed by atoms with E-state index in [1.54, 1.807) is 7.11 Å². The number of hydrogen-bond acceptors (Lipinski definition) is 5. The fraction of sp³-hybridized carbons (Fsp3) is 0.571. The molecule has 0 radical (unpaired) electrons. The van der Waals surface area contributed by atoms with Crippen molar-refractivity contribution in [3.8, 4) is 5.75 Å². The molecule has 2 amide bonds. The van der Waals surface area contributed by atoms with Gasteiger partial charge in [-0.15, -0.1) is 0 Å². The predicted octanol–water partition coefficient (Wildman–Crippen LogP) is 2.23. The number of unbranched alkanes of at least 4 members (excludes halogenated alkanes) is 1. The average Bonchev–Trinajstić information content (AvgIpc) is 2.71. The van der Waals surface area contributed by atoms with Gasteiger partial charge in [-0.3, -0.25) is 14.4 Å². The van der Waals surface area contributed by atoms with Crippen LogP contribution in [0.5, 0.6) is 5.75 Å². The van der Waals surface area contributed by atoms with Crippen molar-refractivity contribution in [1.29, 1.82) is 0 Å². The maximum atomic E-state index is 12.4. The summed E-state index contributed by atoms with van der Waals surface area (Å²) in [5, 5.41) is 5.05. The van der Waals surface area contributed by atoms with Crippen LogP contribution in [0.2, 0.25) is 0 Å². The van der Waals surface area contributed by atoms with Crippen LogP contribution in [-0.4, -0.2) is 45.1 Å². The highest BCUT2D eigenvalue weighted by Crippen LogP contribution is 2.17. The summed E-state index contributed by atoms with van der Waals surface area (Å²) in [5.41, 5.74) is 1.14. The molecule has 1 rings (SSSR count). The summed E-state index contributed by atoms with van der Waals surface area (Å²) < 4.78 is 10.3. The maximum Gasteiger partial charge on any atom is 0.306 e. The zero-order chi connectivity index (χ0) is 20.8. The lowest BCUT2D eigenvalue weighted by atomic mass is 9.95. The Morgan fingerprint density at radius 1 is 1.11 bits per heavy atom. The van der Waals surface area contributed by atoms with Gasteiger partial charge in [0, 0.05) is 13.0 Å². The molecule has 2 N–H and O–H groups in total. The number of methoxy groups -OCH3 is 1. The predicted molar refractivity (Wildman–Crippen MR) is 107 cm³/mol. The smallest absolute Gasteiger partial charge is 0.306 e. The van der Waals surface area contributed by atoms with E-state index in [0.717, 1.165) is 37.0 Å². The number of esters is 1. The summed E-state index contributed by atoms with van der Waals surface area (Å²) in [7, 11) is 3.13. The third-order valence-corrected chi connectivity index (χ3v) is 4.42. The van der Waals surface area contributed by atoms with Crippen molar-refractivity contribution in [2.45, 2.75) is 45.4 Å². The molecule has 1 aromatic carbocycles. The standard InChI is InChI=1S/C21H32N2O5/c1-4-5-13-28-20(25)14-17(21(26)23-15-19(24)22-2)8-6-7-16-9-11-18(27-3)12-10-16/h9-12,17H,4-8,13-15H2,1-3H3,(H,22,24)(H,23,26)/t17-/m1/s1. The third kappa shape index (κ3) is 9.39. The molecule has 0 heterocycles. The van der Waals surface area contributed by atoms with E-state index >= 15 is 0 Å². The number of ether oxygens (including phenoxy) is 2. The summed E-state index contributed by atoms with van der Waals surface area (Å²) in [6, 6.07) is 7.76. The summed E-state index contributed by atoms with van der Waals surface area (Å²) in [4.78, 5) is 35.8. The molecule has 0 aliphatic rings. The highest BCUT2D eigenvalue weighted by atomic mass is 16.5. The fourth-order valence-electron chi connectivity index (χ4n) is 2.66. The summed E-state index contributed by atoms with van der Waals surface area (Å²) in [5.74, 6) is -0.679. The number of carbonyl (C=O) groups excluding carboxylic acids is 3. The molecule has 0 unspecified atom stereocenters. The van der Waals surface area contributed by atoms with Gasteiger partial charge < -0.3 is 20.1 Å². The van der Waals surface area contributed by atoms with E-state index in [2.05, 4.69) is 10.6 Å². The number of rotatable bonds is 13. The zero-order valence-corrected chi connectivity index (χ0v) is 17.1. The first-order valence-corrected chi connectivity index (χ1v) is 9.77. The van der Waals surface area contributed by atoms with Crippen LogP contribution in [0.3, 0.4) is 0 Å². The van der Waals surface area contributed by atoms with Crippen LogP contribution in [0.4, 0.5) is 0 Å². The first-order valence-electron chi connectivity index (χ1n) is 9.77. The molecule has 0 aliphatic heterocycles. The highest BCUT2D eigenvalue weighted by Gasteiger charge is 2.23. The zero-order valence-electron chi connectivity index (χ0n) is 17.1. The van der Waals surface area contributed by atoms with Crippen molar-refractivity contribution in [3.05, 3.63) is 29.8 Å². The van der Waals surface area contributed by atoms with Crippen molar-refractivity contribution in [3.63, 3.8) is 0 Å². The number of likely N-dealkylation sites (N-methyl/N-ethyl adjacent to an activating group) is 1. The number of aryl methyl sites for hydroxylation is 1. The molecule has 7 nitrogen and oxygen atoms in total. The van der Waals surface area contributed by atoms with Crippen LogP contribution in [0.1, 0.15) is 44.6 Å². The SMILES string of the molecule is CCCCOC(=O)C[C@@H](CCCc1ccc(OC)cc1)C(=O)NCC(=O)NC. The molecule has 0 aromatic heterocycles. The van der Waals surface area contributed by atoms with E-state index in [4.69, 9.17) is 9.47 Å². The van der Waals surface area contributed by atoms with Gasteiger partial charge in [0.2, 0.25) is 11.8 Å². The van der Waals surface area contributed by atoms with E-state index in [-0.39, 0.29) is 30.7 Å². The Bertz CT molecular complexity index is 616. The van der Waals surface area contributed by atoms with E-state index in [1.807, 2.05) is 31.2 Å². The quantitative estimate of drug-likeness (QED) is 0.397. The van der Waals surface area contributed by atoms with Gasteiger partial charge in [-0.1, -0.05) is 25.5 Å². The second-order valence-electron chi connectivity index (χ2n) is 6.61. The minimum atomic E-state index is -0.517. The van der Waals surface area contributed by atoms with Crippen LogP contribution in [0.25, 0.3) is 0 Å². The molecular formula is C21H32N2O5. The molecular weight excluding hydrogens is 360 g/mol. The third-order valence-electron chi connectivity index (χ3n) is 4.42. The van der Waals surface area contributed by atoms with Crippen molar-refractivity contribution in [2.75, 3.05) is 27.3 Å². The lowest BCUT2D eigenvalue weighted by Gasteiger charge is -2.16. The van der Waals surface area contributed by atoms with Crippen LogP contribution in [-0.2, 0) is 25.5 Å². The van der Waals surface area contributed by atoms with Gasteiger partial charge in [-0.25, -0.2) is 0 Å². The first kappa shape index (κ1) is 23.5. The van der Waals surface area contributed by atoms with E-state index in [0.29, 0.717) is 13.0 Å². The highest BCUT2D eigenvalue weighted by molar-refractivity contribution is 5.87. The molecule has 1 aromatic rings. The molecule has 0 bridgehead atoms. The Kier molecular flexibility index (Phi) is 11.4. The number of nitrogens with one attached hydrogen (secondary N) is 2. The summed E-state index contributed by atoms with van der Waals surface area (Å²) in [6.07, 6.45) is 3.82. The largest absolute Gasteiger partial charge is 0.497 e. The monoisotopic (exact) mass is 392 g/mol. The Morgan fingerprint density at radius 2 is 1.82 bits per heavy atom. The molecule has 0 saturated heterocycles. The fourth-order valence-corrected chi connectivity index (χ4v) is 2.66. The van der Waals surface area contributed by atoms with Gasteiger partial charge in [-0.2, -0.15) is 0 Å². The second kappa shape index (κ2) is 13.6. The van der Waals surface area contributed by atoms with E-state index in [9.17, 15) is 14.4 Å².